The number of aromatic nitrogens is 2. The van der Waals surface area contributed by atoms with Crippen molar-refractivity contribution in [2.24, 2.45) is 0 Å². The Morgan fingerprint density at radius 1 is 0.939 bits per heavy atom. The molecule has 1 aromatic heterocycles. The molecule has 0 radical (unpaired) electrons. The third kappa shape index (κ3) is 3.77. The summed E-state index contributed by atoms with van der Waals surface area (Å²) in [5.74, 6) is 0.939. The third-order valence-electron chi connectivity index (χ3n) is 8.13. The van der Waals surface area contributed by atoms with Gasteiger partial charge in [-0.25, -0.2) is 4.98 Å². The molecule has 2 saturated carbocycles. The molecule has 0 N–H and O–H groups in total. The van der Waals surface area contributed by atoms with Crippen LogP contribution in [-0.2, 0) is 18.3 Å². The van der Waals surface area contributed by atoms with Crippen LogP contribution in [-0.4, -0.2) is 15.3 Å². The first-order valence-electron chi connectivity index (χ1n) is 12.7. The number of aryl methyl sites for hydroxylation is 1. The van der Waals surface area contributed by atoms with E-state index >= 15 is 0 Å². The summed E-state index contributed by atoms with van der Waals surface area (Å²) in [6.45, 7) is 0. The standard InChI is InChI=1S/C29H32N2OS/c32-27-25-26(24-15-7-4-12-22(24)20-29(25)17-8-9-18-29)30-28(31(27)23-13-5-6-14-23)33-19-16-21-10-2-1-3-11-21/h1-4,7,10-12,15,23H,5-6,8-9,13-14,16-20H2. The average Bonchev–Trinajstić information content (AvgIpc) is 3.53. The Morgan fingerprint density at radius 2 is 1.67 bits per heavy atom. The van der Waals surface area contributed by atoms with E-state index < -0.39 is 0 Å². The average molecular weight is 457 g/mol. The molecule has 2 fully saturated rings. The van der Waals surface area contributed by atoms with E-state index in [2.05, 4.69) is 59.2 Å². The Morgan fingerprint density at radius 3 is 2.45 bits per heavy atom. The van der Waals surface area contributed by atoms with Gasteiger partial charge in [0.2, 0.25) is 0 Å². The van der Waals surface area contributed by atoms with Crippen molar-refractivity contribution in [2.45, 2.75) is 80.8 Å². The lowest BCUT2D eigenvalue weighted by Crippen LogP contribution is -2.41. The molecule has 6 rings (SSSR count). The van der Waals surface area contributed by atoms with E-state index in [0.29, 0.717) is 6.04 Å². The fraction of sp³-hybridized carbons (Fsp3) is 0.448. The molecule has 4 heteroatoms. The lowest BCUT2D eigenvalue weighted by molar-refractivity contribution is 0.395. The zero-order chi connectivity index (χ0) is 22.3. The van der Waals surface area contributed by atoms with Crippen LogP contribution in [0.2, 0.25) is 0 Å². The van der Waals surface area contributed by atoms with E-state index in [1.165, 1.54) is 42.4 Å². The Bertz CT molecular complexity index is 1200. The number of nitrogens with zero attached hydrogens (tertiary/aromatic N) is 2. The normalized spacial score (nSPS) is 19.0. The van der Waals surface area contributed by atoms with Crippen molar-refractivity contribution < 1.29 is 0 Å². The summed E-state index contributed by atoms with van der Waals surface area (Å²) in [6, 6.07) is 19.6. The molecule has 0 amide bonds. The summed E-state index contributed by atoms with van der Waals surface area (Å²) < 4.78 is 2.13. The molecule has 2 aromatic carbocycles. The number of fused-ring (bicyclic) bond motifs is 4. The molecule has 1 heterocycles. The monoisotopic (exact) mass is 456 g/mol. The number of hydrogen-bond acceptors (Lipinski definition) is 3. The van der Waals surface area contributed by atoms with Gasteiger partial charge in [-0.05, 0) is 49.7 Å². The van der Waals surface area contributed by atoms with E-state index in [1.54, 1.807) is 11.8 Å². The van der Waals surface area contributed by atoms with Crippen LogP contribution >= 0.6 is 11.8 Å². The maximum absolute atomic E-state index is 14.3. The van der Waals surface area contributed by atoms with Crippen LogP contribution < -0.4 is 5.56 Å². The Kier molecular flexibility index (Phi) is 5.65. The molecule has 0 atom stereocenters. The highest BCUT2D eigenvalue weighted by Crippen LogP contribution is 2.50. The number of benzene rings is 2. The first-order valence-corrected chi connectivity index (χ1v) is 13.7. The van der Waals surface area contributed by atoms with Gasteiger partial charge < -0.3 is 0 Å². The largest absolute Gasteiger partial charge is 0.284 e. The fourth-order valence-electron chi connectivity index (χ4n) is 6.52. The van der Waals surface area contributed by atoms with Crippen LogP contribution in [0.3, 0.4) is 0 Å². The maximum Gasteiger partial charge on any atom is 0.258 e. The van der Waals surface area contributed by atoms with Crippen LogP contribution in [0.5, 0.6) is 0 Å². The number of thioether (sulfide) groups is 1. The molecule has 3 aliphatic carbocycles. The fourth-order valence-corrected chi connectivity index (χ4v) is 7.56. The lowest BCUT2D eigenvalue weighted by atomic mass is 9.68. The molecule has 0 unspecified atom stereocenters. The number of hydrogen-bond donors (Lipinski definition) is 0. The lowest BCUT2D eigenvalue weighted by Gasteiger charge is -2.37. The van der Waals surface area contributed by atoms with Gasteiger partial charge in [-0.1, -0.05) is 92.0 Å². The van der Waals surface area contributed by atoms with Gasteiger partial charge in [0.15, 0.2) is 5.16 Å². The van der Waals surface area contributed by atoms with Crippen LogP contribution in [0, 0.1) is 0 Å². The maximum atomic E-state index is 14.3. The smallest absolute Gasteiger partial charge is 0.258 e. The van der Waals surface area contributed by atoms with Gasteiger partial charge >= 0.3 is 0 Å². The van der Waals surface area contributed by atoms with Gasteiger partial charge in [0.25, 0.3) is 5.56 Å². The summed E-state index contributed by atoms with van der Waals surface area (Å²) >= 11 is 1.77. The molecule has 1 spiro atoms. The first-order chi connectivity index (χ1) is 16.3. The Hall–Kier alpha value is -2.33. The summed E-state index contributed by atoms with van der Waals surface area (Å²) in [6.07, 6.45) is 11.3. The van der Waals surface area contributed by atoms with Gasteiger partial charge in [-0.15, -0.1) is 0 Å². The first kappa shape index (κ1) is 21.2. The van der Waals surface area contributed by atoms with E-state index in [4.69, 9.17) is 4.98 Å². The summed E-state index contributed by atoms with van der Waals surface area (Å²) in [4.78, 5) is 19.7. The van der Waals surface area contributed by atoms with Gasteiger partial charge in [0.1, 0.15) is 0 Å². The summed E-state index contributed by atoms with van der Waals surface area (Å²) in [7, 11) is 0. The second-order valence-corrected chi connectivity index (χ2v) is 11.2. The van der Waals surface area contributed by atoms with Gasteiger partial charge in [0.05, 0.1) is 11.3 Å². The molecule has 3 aliphatic rings. The minimum absolute atomic E-state index is 0.0125. The van der Waals surface area contributed by atoms with E-state index in [9.17, 15) is 4.79 Å². The predicted molar refractivity (Wildman–Crippen MR) is 136 cm³/mol. The van der Waals surface area contributed by atoms with Crippen molar-refractivity contribution in [3.63, 3.8) is 0 Å². The molecule has 33 heavy (non-hydrogen) atoms. The second-order valence-electron chi connectivity index (χ2n) is 10.1. The third-order valence-corrected chi connectivity index (χ3v) is 9.08. The highest BCUT2D eigenvalue weighted by Gasteiger charge is 2.45. The molecule has 0 bridgehead atoms. The molecular formula is C29H32N2OS. The molecule has 0 saturated heterocycles. The Labute approximate surface area is 200 Å². The van der Waals surface area contributed by atoms with Gasteiger partial charge in [-0.2, -0.15) is 0 Å². The van der Waals surface area contributed by atoms with Crippen molar-refractivity contribution in [3.8, 4) is 11.3 Å². The molecule has 3 aromatic rings. The topological polar surface area (TPSA) is 34.9 Å². The highest BCUT2D eigenvalue weighted by atomic mass is 32.2. The van der Waals surface area contributed by atoms with Crippen LogP contribution in [0.1, 0.15) is 74.1 Å². The molecule has 0 aliphatic heterocycles. The quantitative estimate of drug-likeness (QED) is 0.315. The van der Waals surface area contributed by atoms with E-state index in [0.717, 1.165) is 60.7 Å². The molecule has 3 nitrogen and oxygen atoms in total. The van der Waals surface area contributed by atoms with E-state index in [-0.39, 0.29) is 11.0 Å². The zero-order valence-electron chi connectivity index (χ0n) is 19.3. The van der Waals surface area contributed by atoms with Crippen molar-refractivity contribution in [3.05, 3.63) is 81.6 Å². The van der Waals surface area contributed by atoms with Crippen molar-refractivity contribution in [1.82, 2.24) is 9.55 Å². The van der Waals surface area contributed by atoms with Crippen LogP contribution in [0.25, 0.3) is 11.3 Å². The van der Waals surface area contributed by atoms with E-state index in [1.807, 2.05) is 0 Å². The number of rotatable bonds is 5. The van der Waals surface area contributed by atoms with Gasteiger partial charge in [-0.3, -0.25) is 9.36 Å². The highest BCUT2D eigenvalue weighted by molar-refractivity contribution is 7.99. The minimum atomic E-state index is -0.0125. The zero-order valence-corrected chi connectivity index (χ0v) is 20.1. The summed E-state index contributed by atoms with van der Waals surface area (Å²) in [5.41, 5.74) is 6.18. The second kappa shape index (κ2) is 8.79. The van der Waals surface area contributed by atoms with Crippen molar-refractivity contribution >= 4 is 11.8 Å². The minimum Gasteiger partial charge on any atom is -0.284 e. The van der Waals surface area contributed by atoms with Crippen LogP contribution in [0.15, 0.2) is 64.5 Å². The molecule has 170 valence electrons. The Balaban J connectivity index is 1.47. The molecular weight excluding hydrogens is 424 g/mol. The SMILES string of the molecule is O=c1c2c(nc(SCCc3ccccc3)n1C1CCCC1)-c1ccccc1CC21CCCC1. The summed E-state index contributed by atoms with van der Waals surface area (Å²) in [5, 5.41) is 0.937. The van der Waals surface area contributed by atoms with Gasteiger partial charge in [0, 0.05) is 22.8 Å². The van der Waals surface area contributed by atoms with Crippen LogP contribution in [0.4, 0.5) is 0 Å². The van der Waals surface area contributed by atoms with Crippen molar-refractivity contribution in [1.29, 1.82) is 0 Å². The predicted octanol–water partition coefficient (Wildman–Crippen LogP) is 6.73. The van der Waals surface area contributed by atoms with Crippen molar-refractivity contribution in [2.75, 3.05) is 5.75 Å².